The highest BCUT2D eigenvalue weighted by Crippen LogP contribution is 2.36. The van der Waals surface area contributed by atoms with Gasteiger partial charge in [0.1, 0.15) is 11.8 Å². The van der Waals surface area contributed by atoms with Gasteiger partial charge in [0.25, 0.3) is 5.69 Å². The zero-order valence-corrected chi connectivity index (χ0v) is 13.6. The van der Waals surface area contributed by atoms with Crippen LogP contribution in [0.2, 0.25) is 0 Å². The quantitative estimate of drug-likeness (QED) is 0.389. The molecule has 1 aromatic heterocycles. The number of anilines is 1. The van der Waals surface area contributed by atoms with Crippen LogP contribution in [0.4, 0.5) is 11.4 Å². The summed E-state index contributed by atoms with van der Waals surface area (Å²) in [6.07, 6.45) is 2.20. The minimum Gasteiger partial charge on any atom is -0.394 e. The molecule has 134 valence electrons. The van der Waals surface area contributed by atoms with E-state index in [1.807, 2.05) is 0 Å². The van der Waals surface area contributed by atoms with E-state index >= 15 is 0 Å². The van der Waals surface area contributed by atoms with Gasteiger partial charge in [-0.25, -0.2) is 0 Å². The number of nitro benzene ring substituents is 1. The van der Waals surface area contributed by atoms with E-state index < -0.39 is 17.1 Å². The molecule has 1 aliphatic rings. The Morgan fingerprint density at radius 3 is 2.76 bits per heavy atom. The standard InChI is InChI=1S/C16H20N4O5/c17-16(9-21,10-22)7-11-8-18-15-13(20(23)24)2-1-12(14(11)15)19-3-5-25-6-4-19/h1-2,8-9,18,22H,3-7,10,17H2/t16-/m0/s1. The van der Waals surface area contributed by atoms with Crippen LogP contribution in [0.25, 0.3) is 10.9 Å². The first kappa shape index (κ1) is 17.3. The third kappa shape index (κ3) is 3.21. The average molecular weight is 348 g/mol. The summed E-state index contributed by atoms with van der Waals surface area (Å²) in [6.45, 7) is 1.97. The summed E-state index contributed by atoms with van der Waals surface area (Å²) in [7, 11) is 0. The number of hydrogen-bond donors (Lipinski definition) is 3. The summed E-state index contributed by atoms with van der Waals surface area (Å²) < 4.78 is 5.37. The van der Waals surface area contributed by atoms with Crippen LogP contribution in [0.5, 0.6) is 0 Å². The molecule has 0 spiro atoms. The van der Waals surface area contributed by atoms with Crippen LogP contribution in [0.15, 0.2) is 18.3 Å². The highest BCUT2D eigenvalue weighted by Gasteiger charge is 2.28. The molecule has 25 heavy (non-hydrogen) atoms. The first-order chi connectivity index (χ1) is 12.0. The fourth-order valence-corrected chi connectivity index (χ4v) is 3.13. The summed E-state index contributed by atoms with van der Waals surface area (Å²) >= 11 is 0. The Kier molecular flexibility index (Phi) is 4.71. The number of nitrogens with two attached hydrogens (primary N) is 1. The number of morpholine rings is 1. The minimum absolute atomic E-state index is 0.0454. The zero-order chi connectivity index (χ0) is 18.0. The topological polar surface area (TPSA) is 135 Å². The molecule has 3 rings (SSSR count). The number of benzene rings is 1. The van der Waals surface area contributed by atoms with E-state index in [1.54, 1.807) is 12.3 Å². The lowest BCUT2D eigenvalue weighted by molar-refractivity contribution is -0.383. The van der Waals surface area contributed by atoms with Crippen LogP contribution in [-0.2, 0) is 16.0 Å². The Bertz CT molecular complexity index is 799. The van der Waals surface area contributed by atoms with Crippen molar-refractivity contribution >= 4 is 28.6 Å². The number of aldehydes is 1. The van der Waals surface area contributed by atoms with Crippen LogP contribution in [0.3, 0.4) is 0 Å². The molecule has 9 nitrogen and oxygen atoms in total. The molecule has 4 N–H and O–H groups in total. The zero-order valence-electron chi connectivity index (χ0n) is 13.6. The number of aromatic amines is 1. The first-order valence-electron chi connectivity index (χ1n) is 7.95. The van der Waals surface area contributed by atoms with Crippen molar-refractivity contribution in [2.75, 3.05) is 37.8 Å². The van der Waals surface area contributed by atoms with Crippen molar-refractivity contribution in [3.63, 3.8) is 0 Å². The van der Waals surface area contributed by atoms with Crippen molar-refractivity contribution in [2.45, 2.75) is 12.0 Å². The van der Waals surface area contributed by atoms with Crippen LogP contribution in [0.1, 0.15) is 5.56 Å². The molecule has 0 saturated carbocycles. The molecule has 1 fully saturated rings. The number of nitro groups is 1. The monoisotopic (exact) mass is 348 g/mol. The predicted molar refractivity (Wildman–Crippen MR) is 91.8 cm³/mol. The number of nitrogens with zero attached hydrogens (tertiary/aromatic N) is 2. The number of aromatic nitrogens is 1. The second-order valence-electron chi connectivity index (χ2n) is 6.21. The number of carbonyl (C=O) groups excluding carboxylic acids is 1. The van der Waals surface area contributed by atoms with Crippen LogP contribution in [0, 0.1) is 10.1 Å². The second-order valence-corrected chi connectivity index (χ2v) is 6.21. The van der Waals surface area contributed by atoms with Gasteiger partial charge in [0, 0.05) is 42.8 Å². The van der Waals surface area contributed by atoms with Crippen molar-refractivity contribution in [1.29, 1.82) is 0 Å². The number of non-ortho nitro benzene ring substituents is 1. The van der Waals surface area contributed by atoms with E-state index in [0.717, 1.165) is 5.69 Å². The highest BCUT2D eigenvalue weighted by molar-refractivity contribution is 6.01. The van der Waals surface area contributed by atoms with Crippen LogP contribution in [-0.4, -0.2) is 59.7 Å². The predicted octanol–water partition coefficient (Wildman–Crippen LogP) is 0.344. The largest absolute Gasteiger partial charge is 0.394 e. The molecule has 9 heteroatoms. The summed E-state index contributed by atoms with van der Waals surface area (Å²) in [6, 6.07) is 3.18. The van der Waals surface area contributed by atoms with Crippen molar-refractivity contribution in [1.82, 2.24) is 4.98 Å². The van der Waals surface area contributed by atoms with E-state index in [2.05, 4.69) is 9.88 Å². The van der Waals surface area contributed by atoms with E-state index in [4.69, 9.17) is 10.5 Å². The van der Waals surface area contributed by atoms with Crippen molar-refractivity contribution in [3.05, 3.63) is 34.0 Å². The maximum Gasteiger partial charge on any atom is 0.293 e. The van der Waals surface area contributed by atoms with Gasteiger partial charge in [-0.3, -0.25) is 10.1 Å². The van der Waals surface area contributed by atoms with Crippen LogP contribution < -0.4 is 10.6 Å². The lowest BCUT2D eigenvalue weighted by atomic mass is 9.93. The Labute approximate surface area is 143 Å². The molecule has 2 aromatic rings. The number of fused-ring (bicyclic) bond motifs is 1. The number of aliphatic hydroxyl groups excluding tert-OH is 1. The lowest BCUT2D eigenvalue weighted by Crippen LogP contribution is -2.47. The molecule has 1 atom stereocenters. The fourth-order valence-electron chi connectivity index (χ4n) is 3.13. The van der Waals surface area contributed by atoms with Gasteiger partial charge in [-0.2, -0.15) is 0 Å². The van der Waals surface area contributed by atoms with Gasteiger partial charge in [-0.05, 0) is 11.6 Å². The Morgan fingerprint density at radius 2 is 2.16 bits per heavy atom. The van der Waals surface area contributed by atoms with E-state index in [-0.39, 0.29) is 12.1 Å². The SMILES string of the molecule is N[C@@](C=O)(CO)Cc1c[nH]c2c([N+](=O)[O-])ccc(N3CCOCC3)c12. The maximum absolute atomic E-state index is 11.3. The average Bonchev–Trinajstić information content (AvgIpc) is 3.05. The molecular formula is C16H20N4O5. The summed E-state index contributed by atoms with van der Waals surface area (Å²) in [5, 5.41) is 21.4. The molecule has 1 aromatic carbocycles. The van der Waals surface area contributed by atoms with Crippen molar-refractivity contribution in [2.24, 2.45) is 5.73 Å². The number of aliphatic hydroxyl groups is 1. The Morgan fingerprint density at radius 1 is 1.44 bits per heavy atom. The molecule has 1 aliphatic heterocycles. The first-order valence-corrected chi connectivity index (χ1v) is 7.95. The maximum atomic E-state index is 11.3. The van der Waals surface area contributed by atoms with E-state index in [0.29, 0.717) is 49.1 Å². The third-order valence-electron chi connectivity index (χ3n) is 4.47. The molecule has 0 aliphatic carbocycles. The van der Waals surface area contributed by atoms with Gasteiger partial charge in [0.05, 0.1) is 30.3 Å². The van der Waals surface area contributed by atoms with E-state index in [9.17, 15) is 20.0 Å². The number of nitrogens with one attached hydrogen (secondary N) is 1. The smallest absolute Gasteiger partial charge is 0.293 e. The van der Waals surface area contributed by atoms with Gasteiger partial charge >= 0.3 is 0 Å². The number of H-pyrrole nitrogens is 1. The summed E-state index contributed by atoms with van der Waals surface area (Å²) in [4.78, 5) is 27.2. The molecular weight excluding hydrogens is 328 g/mol. The van der Waals surface area contributed by atoms with Gasteiger partial charge in [0.15, 0.2) is 0 Å². The minimum atomic E-state index is -1.43. The lowest BCUT2D eigenvalue weighted by Gasteiger charge is -2.30. The molecule has 2 heterocycles. The van der Waals surface area contributed by atoms with Gasteiger partial charge in [-0.1, -0.05) is 0 Å². The number of hydrogen-bond acceptors (Lipinski definition) is 7. The summed E-state index contributed by atoms with van der Waals surface area (Å²) in [5.74, 6) is 0. The Balaban J connectivity index is 2.15. The second kappa shape index (κ2) is 6.79. The van der Waals surface area contributed by atoms with E-state index in [1.165, 1.54) is 6.07 Å². The van der Waals surface area contributed by atoms with Crippen molar-refractivity contribution < 1.29 is 19.6 Å². The molecule has 0 radical (unpaired) electrons. The number of ether oxygens (including phenoxy) is 1. The number of carbonyl (C=O) groups is 1. The fraction of sp³-hybridized carbons (Fsp3) is 0.438. The molecule has 0 bridgehead atoms. The molecule has 0 unspecified atom stereocenters. The molecule has 0 amide bonds. The number of rotatable bonds is 6. The highest BCUT2D eigenvalue weighted by atomic mass is 16.6. The summed E-state index contributed by atoms with van der Waals surface area (Å²) in [5.41, 5.74) is 6.30. The van der Waals surface area contributed by atoms with Gasteiger partial charge in [0.2, 0.25) is 0 Å². The van der Waals surface area contributed by atoms with Crippen LogP contribution >= 0.6 is 0 Å². The van der Waals surface area contributed by atoms with Gasteiger partial charge in [-0.15, -0.1) is 0 Å². The normalized spacial score (nSPS) is 17.4. The Hall–Kier alpha value is -2.49. The van der Waals surface area contributed by atoms with Gasteiger partial charge < -0.3 is 30.3 Å². The van der Waals surface area contributed by atoms with Crippen molar-refractivity contribution in [3.8, 4) is 0 Å². The molecule has 1 saturated heterocycles. The third-order valence-corrected chi connectivity index (χ3v) is 4.47.